The second kappa shape index (κ2) is 5.64. The smallest absolute Gasteiger partial charge is 0.147 e. The molecule has 2 aromatic rings. The first kappa shape index (κ1) is 14.3. The molecule has 0 aliphatic heterocycles. The van der Waals surface area contributed by atoms with Crippen LogP contribution in [-0.4, -0.2) is 15.4 Å². The minimum atomic E-state index is 0.485. The van der Waals surface area contributed by atoms with Crippen molar-refractivity contribution in [3.05, 3.63) is 24.5 Å². The molecule has 1 aliphatic rings. The molecule has 0 bridgehead atoms. The van der Waals surface area contributed by atoms with Crippen molar-refractivity contribution in [3.63, 3.8) is 0 Å². The third-order valence-corrected chi connectivity index (χ3v) is 5.15. The van der Waals surface area contributed by atoms with Gasteiger partial charge in [0.15, 0.2) is 0 Å². The van der Waals surface area contributed by atoms with Crippen LogP contribution in [0.1, 0.15) is 39.5 Å². The Morgan fingerprint density at radius 3 is 2.57 bits per heavy atom. The lowest BCUT2D eigenvalue weighted by Crippen LogP contribution is -2.29. The summed E-state index contributed by atoms with van der Waals surface area (Å²) in [7, 11) is 0. The third-order valence-electron chi connectivity index (χ3n) is 4.36. The number of nitrogens with two attached hydrogens (primary N) is 1. The summed E-state index contributed by atoms with van der Waals surface area (Å²) in [5.41, 5.74) is 8.64. The van der Waals surface area contributed by atoms with Crippen LogP contribution in [0, 0.1) is 5.41 Å². The van der Waals surface area contributed by atoms with E-state index >= 15 is 0 Å². The summed E-state index contributed by atoms with van der Waals surface area (Å²) in [4.78, 5) is 4.07. The van der Waals surface area contributed by atoms with Gasteiger partial charge in [0.05, 0.1) is 5.56 Å². The molecule has 2 aromatic heterocycles. The van der Waals surface area contributed by atoms with Crippen molar-refractivity contribution < 1.29 is 0 Å². The van der Waals surface area contributed by atoms with Crippen molar-refractivity contribution in [3.8, 4) is 11.1 Å². The van der Waals surface area contributed by atoms with Gasteiger partial charge in [0, 0.05) is 18.4 Å². The Kier molecular flexibility index (Phi) is 3.85. The Morgan fingerprint density at radius 1 is 1.24 bits per heavy atom. The second-order valence-electron chi connectivity index (χ2n) is 6.59. The molecule has 112 valence electrons. The number of anilines is 2. The molecule has 1 saturated carbocycles. The first-order valence-electron chi connectivity index (χ1n) is 7.47. The minimum absolute atomic E-state index is 0.485. The highest BCUT2D eigenvalue weighted by Gasteiger charge is 2.27. The lowest BCUT2D eigenvalue weighted by molar-refractivity contribution is 0.232. The monoisotopic (exact) mass is 302 g/mol. The number of hydrogen-bond donors (Lipinski definition) is 2. The maximum Gasteiger partial charge on any atom is 0.147 e. The molecule has 21 heavy (non-hydrogen) atoms. The van der Waals surface area contributed by atoms with Gasteiger partial charge in [0.2, 0.25) is 0 Å². The van der Waals surface area contributed by atoms with Crippen LogP contribution >= 0.6 is 11.5 Å². The summed E-state index contributed by atoms with van der Waals surface area (Å²) in [5, 5.41) is 4.75. The number of nitrogens with zero attached hydrogens (tertiary/aromatic N) is 2. The molecule has 0 spiro atoms. The Labute approximate surface area is 130 Å². The summed E-state index contributed by atoms with van der Waals surface area (Å²) < 4.78 is 4.32. The summed E-state index contributed by atoms with van der Waals surface area (Å²) in [6.07, 6.45) is 8.53. The maximum atomic E-state index is 6.06. The maximum absolute atomic E-state index is 6.06. The average molecular weight is 302 g/mol. The standard InChI is InChI=1S/C16H22N4S/c1-16(2)7-3-12(4-8-16)19-15-13(14(17)20-21-15)11-5-9-18-10-6-11/h5-6,9-10,12,19H,3-4,7-8H2,1-2H3,(H2,17,20). The molecular weight excluding hydrogens is 280 g/mol. The van der Waals surface area contributed by atoms with Gasteiger partial charge < -0.3 is 11.1 Å². The molecule has 1 aliphatic carbocycles. The molecule has 0 aromatic carbocycles. The van der Waals surface area contributed by atoms with E-state index in [0.717, 1.165) is 16.1 Å². The molecule has 1 fully saturated rings. The first-order valence-corrected chi connectivity index (χ1v) is 8.25. The van der Waals surface area contributed by atoms with E-state index in [1.165, 1.54) is 37.2 Å². The zero-order valence-corrected chi connectivity index (χ0v) is 13.4. The molecule has 3 rings (SSSR count). The van der Waals surface area contributed by atoms with Crippen molar-refractivity contribution in [2.24, 2.45) is 5.41 Å². The SMILES string of the molecule is CC1(C)CCC(Nc2snc(N)c2-c2ccncc2)CC1. The predicted octanol–water partition coefficient (Wildman–Crippen LogP) is 4.17. The second-order valence-corrected chi connectivity index (χ2v) is 7.36. The van der Waals surface area contributed by atoms with Crippen LogP contribution in [-0.2, 0) is 0 Å². The lowest BCUT2D eigenvalue weighted by Gasteiger charge is -2.34. The van der Waals surface area contributed by atoms with E-state index < -0.39 is 0 Å². The molecule has 5 heteroatoms. The average Bonchev–Trinajstić information content (AvgIpc) is 2.83. The van der Waals surface area contributed by atoms with Crippen LogP contribution in [0.3, 0.4) is 0 Å². The topological polar surface area (TPSA) is 63.8 Å². The third kappa shape index (κ3) is 3.18. The van der Waals surface area contributed by atoms with Gasteiger partial charge in [-0.05, 0) is 60.3 Å². The molecule has 3 N–H and O–H groups in total. The molecule has 4 nitrogen and oxygen atoms in total. The van der Waals surface area contributed by atoms with E-state index in [1.807, 2.05) is 12.1 Å². The Morgan fingerprint density at radius 2 is 1.90 bits per heavy atom. The fourth-order valence-electron chi connectivity index (χ4n) is 2.93. The van der Waals surface area contributed by atoms with Crippen molar-refractivity contribution in [2.75, 3.05) is 11.1 Å². The van der Waals surface area contributed by atoms with Crippen LogP contribution < -0.4 is 11.1 Å². The fraction of sp³-hybridized carbons (Fsp3) is 0.500. The predicted molar refractivity (Wildman–Crippen MR) is 89.4 cm³/mol. The molecule has 0 radical (unpaired) electrons. The quantitative estimate of drug-likeness (QED) is 0.893. The highest BCUT2D eigenvalue weighted by atomic mass is 32.1. The largest absolute Gasteiger partial charge is 0.382 e. The van der Waals surface area contributed by atoms with Gasteiger partial charge in [-0.15, -0.1) is 0 Å². The van der Waals surface area contributed by atoms with Crippen molar-refractivity contribution >= 4 is 22.4 Å². The molecular formula is C16H22N4S. The number of nitrogens with one attached hydrogen (secondary N) is 1. The van der Waals surface area contributed by atoms with Crippen LogP contribution in [0.15, 0.2) is 24.5 Å². The van der Waals surface area contributed by atoms with E-state index in [1.54, 1.807) is 12.4 Å². The number of hydrogen-bond acceptors (Lipinski definition) is 5. The normalized spacial score (nSPS) is 18.6. The van der Waals surface area contributed by atoms with E-state index in [2.05, 4.69) is 28.5 Å². The van der Waals surface area contributed by atoms with Gasteiger partial charge in [-0.2, -0.15) is 4.37 Å². The summed E-state index contributed by atoms with van der Waals surface area (Å²) in [5.74, 6) is 0.602. The number of rotatable bonds is 3. The Hall–Kier alpha value is -1.62. The molecule has 0 atom stereocenters. The van der Waals surface area contributed by atoms with E-state index in [-0.39, 0.29) is 0 Å². The number of pyridine rings is 1. The van der Waals surface area contributed by atoms with Crippen LogP contribution in [0.5, 0.6) is 0 Å². The Bertz CT molecular complexity index is 596. The van der Waals surface area contributed by atoms with Crippen LogP contribution in [0.25, 0.3) is 11.1 Å². The highest BCUT2D eigenvalue weighted by molar-refractivity contribution is 7.11. The number of nitrogen functional groups attached to an aromatic ring is 1. The zero-order valence-electron chi connectivity index (χ0n) is 12.6. The molecule has 0 unspecified atom stereocenters. The van der Waals surface area contributed by atoms with Gasteiger partial charge in [-0.25, -0.2) is 0 Å². The highest BCUT2D eigenvalue weighted by Crippen LogP contribution is 2.40. The van der Waals surface area contributed by atoms with E-state index in [0.29, 0.717) is 17.3 Å². The first-order chi connectivity index (χ1) is 10.1. The van der Waals surface area contributed by atoms with E-state index in [4.69, 9.17) is 5.73 Å². The number of aromatic nitrogens is 2. The molecule has 0 amide bonds. The van der Waals surface area contributed by atoms with Gasteiger partial charge in [0.25, 0.3) is 0 Å². The van der Waals surface area contributed by atoms with Crippen LogP contribution in [0.4, 0.5) is 10.8 Å². The van der Waals surface area contributed by atoms with Crippen molar-refractivity contribution in [2.45, 2.75) is 45.6 Å². The minimum Gasteiger partial charge on any atom is -0.382 e. The van der Waals surface area contributed by atoms with E-state index in [9.17, 15) is 0 Å². The molecule has 2 heterocycles. The fourth-order valence-corrected chi connectivity index (χ4v) is 3.74. The zero-order chi connectivity index (χ0) is 14.9. The van der Waals surface area contributed by atoms with Crippen LogP contribution in [0.2, 0.25) is 0 Å². The summed E-state index contributed by atoms with van der Waals surface area (Å²) in [6.45, 7) is 4.71. The van der Waals surface area contributed by atoms with Crippen molar-refractivity contribution in [1.82, 2.24) is 9.36 Å². The van der Waals surface area contributed by atoms with Gasteiger partial charge >= 0.3 is 0 Å². The summed E-state index contributed by atoms with van der Waals surface area (Å²) in [6, 6.07) is 4.49. The van der Waals surface area contributed by atoms with Crippen molar-refractivity contribution in [1.29, 1.82) is 0 Å². The summed E-state index contributed by atoms with van der Waals surface area (Å²) >= 11 is 1.46. The lowest BCUT2D eigenvalue weighted by atomic mass is 9.75. The Balaban J connectivity index is 1.78. The van der Waals surface area contributed by atoms with Gasteiger partial charge in [-0.3, -0.25) is 4.98 Å². The van der Waals surface area contributed by atoms with Gasteiger partial charge in [-0.1, -0.05) is 13.8 Å². The molecule has 0 saturated heterocycles. The van der Waals surface area contributed by atoms with Gasteiger partial charge in [0.1, 0.15) is 10.8 Å².